The summed E-state index contributed by atoms with van der Waals surface area (Å²) in [5.74, 6) is -19.0. The van der Waals surface area contributed by atoms with Crippen LogP contribution in [0.25, 0.3) is 43.8 Å². The van der Waals surface area contributed by atoms with E-state index < -0.39 is 91.6 Å². The predicted molar refractivity (Wildman–Crippen MR) is 117 cm³/mol. The first-order chi connectivity index (χ1) is 18.2. The Morgan fingerprint density at radius 2 is 0.846 bits per heavy atom. The summed E-state index contributed by atoms with van der Waals surface area (Å²) in [6, 6.07) is 6.54. The molecule has 0 spiro atoms. The quantitative estimate of drug-likeness (QED) is 0.0873. The van der Waals surface area contributed by atoms with Crippen LogP contribution in [-0.2, 0) is 6.18 Å². The van der Waals surface area contributed by atoms with E-state index in [-0.39, 0.29) is 16.3 Å². The standard InChI is InChI=1S/C27H8F12/c28-14-7-12-13(8-15(14)29)19(20-23(33)25(35)21(27(37,38)39)26(36)24(20)34)11-4-2-1-3-10(11)18(12)9-5-16(30)22(32)17(31)6-9/h1-8H. The van der Waals surface area contributed by atoms with Crippen molar-refractivity contribution in [1.82, 2.24) is 0 Å². The van der Waals surface area contributed by atoms with E-state index in [2.05, 4.69) is 0 Å². The van der Waals surface area contributed by atoms with Crippen molar-refractivity contribution in [1.29, 1.82) is 0 Å². The van der Waals surface area contributed by atoms with Crippen LogP contribution in [0.4, 0.5) is 52.7 Å². The molecule has 0 aromatic heterocycles. The number of alkyl halides is 3. The molecule has 5 aromatic rings. The average Bonchev–Trinajstić information content (AvgIpc) is 2.86. The fourth-order valence-corrected chi connectivity index (χ4v) is 4.55. The lowest BCUT2D eigenvalue weighted by molar-refractivity contribution is -0.143. The van der Waals surface area contributed by atoms with Gasteiger partial charge in [0.05, 0.1) is 5.56 Å². The summed E-state index contributed by atoms with van der Waals surface area (Å²) in [6.45, 7) is 0. The average molecular weight is 560 g/mol. The number of hydrogen-bond donors (Lipinski definition) is 0. The summed E-state index contributed by atoms with van der Waals surface area (Å²) in [6.07, 6.45) is -5.84. The van der Waals surface area contributed by atoms with E-state index in [1.165, 1.54) is 18.2 Å². The minimum Gasteiger partial charge on any atom is -0.204 e. The van der Waals surface area contributed by atoms with Crippen molar-refractivity contribution in [3.8, 4) is 22.3 Å². The van der Waals surface area contributed by atoms with Gasteiger partial charge in [-0.3, -0.25) is 0 Å². The van der Waals surface area contributed by atoms with Crippen LogP contribution in [0.1, 0.15) is 5.56 Å². The van der Waals surface area contributed by atoms with Gasteiger partial charge in [-0.05, 0) is 56.9 Å². The zero-order chi connectivity index (χ0) is 28.5. The Hall–Kier alpha value is -4.22. The van der Waals surface area contributed by atoms with E-state index in [4.69, 9.17) is 0 Å². The van der Waals surface area contributed by atoms with Gasteiger partial charge in [-0.25, -0.2) is 39.5 Å². The molecule has 39 heavy (non-hydrogen) atoms. The zero-order valence-electron chi connectivity index (χ0n) is 18.7. The zero-order valence-corrected chi connectivity index (χ0v) is 18.7. The third-order valence-electron chi connectivity index (χ3n) is 6.13. The Balaban J connectivity index is 2.05. The Bertz CT molecular complexity index is 1780. The van der Waals surface area contributed by atoms with E-state index in [1.807, 2.05) is 0 Å². The minimum absolute atomic E-state index is 0.212. The van der Waals surface area contributed by atoms with Crippen LogP contribution >= 0.6 is 0 Å². The Morgan fingerprint density at radius 1 is 0.410 bits per heavy atom. The topological polar surface area (TPSA) is 0 Å². The Labute approximate surface area is 209 Å². The normalized spacial score (nSPS) is 12.1. The monoisotopic (exact) mass is 560 g/mol. The molecule has 200 valence electrons. The molecule has 0 N–H and O–H groups in total. The highest BCUT2D eigenvalue weighted by atomic mass is 19.4. The van der Waals surface area contributed by atoms with Gasteiger partial charge in [-0.15, -0.1) is 0 Å². The molecular formula is C27H8F12. The molecule has 0 saturated heterocycles. The minimum atomic E-state index is -5.84. The van der Waals surface area contributed by atoms with Gasteiger partial charge in [0.2, 0.25) is 0 Å². The highest BCUT2D eigenvalue weighted by Gasteiger charge is 2.43. The maximum absolute atomic E-state index is 15.1. The van der Waals surface area contributed by atoms with Crippen LogP contribution in [0.15, 0.2) is 48.5 Å². The molecular weight excluding hydrogens is 552 g/mol. The van der Waals surface area contributed by atoms with Gasteiger partial charge in [0.1, 0.15) is 5.56 Å². The second kappa shape index (κ2) is 8.92. The molecule has 0 unspecified atom stereocenters. The molecule has 0 radical (unpaired) electrons. The van der Waals surface area contributed by atoms with Gasteiger partial charge >= 0.3 is 6.18 Å². The fourth-order valence-electron chi connectivity index (χ4n) is 4.55. The van der Waals surface area contributed by atoms with E-state index in [1.54, 1.807) is 0 Å². The van der Waals surface area contributed by atoms with Crippen molar-refractivity contribution in [2.24, 2.45) is 0 Å². The molecule has 0 heterocycles. The SMILES string of the molecule is Fc1cc2c(-c3cc(F)c(F)c(F)c3)c3ccccc3c(-c3c(F)c(F)c(C(F)(F)F)c(F)c3F)c2cc1F. The highest BCUT2D eigenvalue weighted by Crippen LogP contribution is 2.48. The van der Waals surface area contributed by atoms with Gasteiger partial charge in [-0.1, -0.05) is 24.3 Å². The van der Waals surface area contributed by atoms with Crippen molar-refractivity contribution in [3.05, 3.63) is 106 Å². The van der Waals surface area contributed by atoms with Crippen LogP contribution in [0.5, 0.6) is 0 Å². The van der Waals surface area contributed by atoms with Crippen molar-refractivity contribution in [2.45, 2.75) is 6.18 Å². The van der Waals surface area contributed by atoms with Crippen molar-refractivity contribution in [2.75, 3.05) is 0 Å². The molecule has 0 saturated carbocycles. The Morgan fingerprint density at radius 3 is 1.31 bits per heavy atom. The molecule has 5 aromatic carbocycles. The van der Waals surface area contributed by atoms with E-state index in [0.717, 1.165) is 6.07 Å². The lowest BCUT2D eigenvalue weighted by Gasteiger charge is -2.20. The second-order valence-electron chi connectivity index (χ2n) is 8.37. The number of fused-ring (bicyclic) bond motifs is 2. The second-order valence-corrected chi connectivity index (χ2v) is 8.37. The van der Waals surface area contributed by atoms with Crippen molar-refractivity contribution < 1.29 is 52.7 Å². The summed E-state index contributed by atoms with van der Waals surface area (Å²) >= 11 is 0. The molecule has 0 nitrogen and oxygen atoms in total. The van der Waals surface area contributed by atoms with Gasteiger partial charge in [0, 0.05) is 5.56 Å². The first-order valence-corrected chi connectivity index (χ1v) is 10.7. The molecule has 0 fully saturated rings. The predicted octanol–water partition coefficient (Wildman–Crippen LogP) is 9.60. The maximum atomic E-state index is 15.1. The van der Waals surface area contributed by atoms with Crippen LogP contribution < -0.4 is 0 Å². The van der Waals surface area contributed by atoms with E-state index >= 15 is 8.78 Å². The third-order valence-corrected chi connectivity index (χ3v) is 6.13. The molecule has 0 amide bonds. The first kappa shape index (κ1) is 26.4. The van der Waals surface area contributed by atoms with Crippen molar-refractivity contribution in [3.63, 3.8) is 0 Å². The largest absolute Gasteiger partial charge is 0.422 e. The number of halogens is 12. The van der Waals surface area contributed by atoms with Crippen LogP contribution in [0, 0.1) is 52.4 Å². The molecule has 0 aliphatic rings. The maximum Gasteiger partial charge on any atom is 0.422 e. The molecule has 0 bridgehead atoms. The molecule has 0 aliphatic heterocycles. The van der Waals surface area contributed by atoms with Gasteiger partial charge in [-0.2, -0.15) is 13.2 Å². The Kier molecular flexibility index (Phi) is 6.04. The number of benzene rings is 5. The summed E-state index contributed by atoms with van der Waals surface area (Å²) in [7, 11) is 0. The number of hydrogen-bond acceptors (Lipinski definition) is 0. The first-order valence-electron chi connectivity index (χ1n) is 10.7. The molecule has 12 heteroatoms. The van der Waals surface area contributed by atoms with Gasteiger partial charge in [0.25, 0.3) is 0 Å². The van der Waals surface area contributed by atoms with E-state index in [0.29, 0.717) is 24.3 Å². The fraction of sp³-hybridized carbons (Fsp3) is 0.0370. The molecule has 5 rings (SSSR count). The molecule has 0 aliphatic carbocycles. The van der Waals surface area contributed by atoms with Crippen LogP contribution in [0.2, 0.25) is 0 Å². The summed E-state index contributed by atoms with van der Waals surface area (Å²) in [5, 5.41) is -1.81. The summed E-state index contributed by atoms with van der Waals surface area (Å²) in [5.41, 5.74) is -6.16. The lowest BCUT2D eigenvalue weighted by atomic mass is 9.85. The van der Waals surface area contributed by atoms with Gasteiger partial charge in [0.15, 0.2) is 52.4 Å². The summed E-state index contributed by atoms with van der Waals surface area (Å²) < 4.78 is 169. The van der Waals surface area contributed by atoms with Gasteiger partial charge < -0.3 is 0 Å². The lowest BCUT2D eigenvalue weighted by Crippen LogP contribution is -2.16. The molecule has 0 atom stereocenters. The van der Waals surface area contributed by atoms with Crippen LogP contribution in [0.3, 0.4) is 0 Å². The number of rotatable bonds is 2. The highest BCUT2D eigenvalue weighted by molar-refractivity contribution is 6.21. The van der Waals surface area contributed by atoms with Crippen molar-refractivity contribution >= 4 is 21.5 Å². The third kappa shape index (κ3) is 3.96. The van der Waals surface area contributed by atoms with E-state index in [9.17, 15) is 43.9 Å². The smallest absolute Gasteiger partial charge is 0.204 e. The summed E-state index contributed by atoms with van der Waals surface area (Å²) in [4.78, 5) is 0. The van der Waals surface area contributed by atoms with Crippen LogP contribution in [-0.4, -0.2) is 0 Å².